The second-order valence-electron chi connectivity index (χ2n) is 11.3. The third-order valence-corrected chi connectivity index (χ3v) is 10.5. The Labute approximate surface area is 295 Å². The van der Waals surface area contributed by atoms with Crippen molar-refractivity contribution in [3.8, 4) is 43.7 Å². The summed E-state index contributed by atoms with van der Waals surface area (Å²) in [5.74, 6) is 0.962. The van der Waals surface area contributed by atoms with Crippen LogP contribution in [0.25, 0.3) is 64.1 Å². The second-order valence-corrected chi connectivity index (χ2v) is 15.1. The Morgan fingerprint density at radius 2 is 1.26 bits per heavy atom. The molecule has 0 saturated carbocycles. The van der Waals surface area contributed by atoms with Gasteiger partial charge in [-0.15, -0.1) is 22.7 Å². The minimum atomic E-state index is -3.31. The lowest BCUT2D eigenvalue weighted by atomic mass is 10.1. The largest absolute Gasteiger partial charge is 0.383 e. The van der Waals surface area contributed by atoms with Crippen LogP contribution in [0.4, 0.5) is 17.3 Å². The second kappa shape index (κ2) is 13.3. The molecular weight excluding hydrogens is 691 g/mol. The van der Waals surface area contributed by atoms with Gasteiger partial charge in [-0.05, 0) is 31.2 Å². The maximum absolute atomic E-state index is 11.4. The van der Waals surface area contributed by atoms with Crippen LogP contribution in [0.5, 0.6) is 0 Å². The molecule has 0 saturated heterocycles. The predicted molar refractivity (Wildman–Crippen MR) is 202 cm³/mol. The number of nitrogens with zero attached hydrogens (tertiary/aromatic N) is 8. The molecule has 0 aliphatic rings. The molecular formula is C34H31N11O2S3. The quantitative estimate of drug-likeness (QED) is 0.163. The Bertz CT molecular complexity index is 2570. The minimum absolute atomic E-state index is 0.447. The van der Waals surface area contributed by atoms with Crippen molar-refractivity contribution in [1.29, 1.82) is 0 Å². The highest BCUT2D eigenvalue weighted by Crippen LogP contribution is 2.40. The Balaban J connectivity index is 0.000000159. The van der Waals surface area contributed by atoms with Crippen molar-refractivity contribution in [1.82, 2.24) is 39.0 Å². The minimum Gasteiger partial charge on any atom is -0.383 e. The van der Waals surface area contributed by atoms with Crippen molar-refractivity contribution in [2.24, 2.45) is 7.05 Å². The number of hydrogen-bond donors (Lipinski definition) is 3. The average molecular weight is 722 g/mol. The maximum atomic E-state index is 11.4. The number of imidazole rings is 2. The molecule has 0 amide bonds. The summed E-state index contributed by atoms with van der Waals surface area (Å²) in [5, 5.41) is 1.72. The summed E-state index contributed by atoms with van der Waals surface area (Å²) in [4.78, 5) is 29.7. The van der Waals surface area contributed by atoms with E-state index in [0.29, 0.717) is 17.3 Å². The highest BCUT2D eigenvalue weighted by atomic mass is 32.2. The molecule has 16 heteroatoms. The van der Waals surface area contributed by atoms with E-state index >= 15 is 0 Å². The molecule has 6 aromatic heterocycles. The van der Waals surface area contributed by atoms with Gasteiger partial charge in [-0.1, -0.05) is 42.5 Å². The van der Waals surface area contributed by atoms with Crippen LogP contribution in [-0.4, -0.2) is 53.7 Å². The zero-order chi connectivity index (χ0) is 35.0. The van der Waals surface area contributed by atoms with E-state index in [1.807, 2.05) is 54.3 Å². The Hall–Kier alpha value is -5.71. The first-order chi connectivity index (χ1) is 24.1. The summed E-state index contributed by atoms with van der Waals surface area (Å²) in [6.45, 7) is 2.96. The van der Waals surface area contributed by atoms with E-state index in [9.17, 15) is 8.42 Å². The summed E-state index contributed by atoms with van der Waals surface area (Å²) in [6.07, 6.45) is 7.71. The highest BCUT2D eigenvalue weighted by molar-refractivity contribution is 7.92. The first-order valence-electron chi connectivity index (χ1n) is 15.3. The molecule has 0 atom stereocenters. The fraction of sp³-hybridized carbons (Fsp3) is 0.118. The van der Waals surface area contributed by atoms with Crippen LogP contribution in [0.2, 0.25) is 0 Å². The molecule has 8 aromatic rings. The van der Waals surface area contributed by atoms with E-state index in [-0.39, 0.29) is 0 Å². The molecule has 252 valence electrons. The molecule has 13 nitrogen and oxygen atoms in total. The van der Waals surface area contributed by atoms with Crippen LogP contribution in [0.15, 0.2) is 92.0 Å². The van der Waals surface area contributed by atoms with E-state index < -0.39 is 10.0 Å². The average Bonchev–Trinajstić information content (AvgIpc) is 3.90. The molecule has 5 N–H and O–H groups in total. The number of benzene rings is 2. The number of rotatable bonds is 7. The normalized spacial score (nSPS) is 11.5. The summed E-state index contributed by atoms with van der Waals surface area (Å²) in [7, 11) is -1.39. The molecule has 2 aromatic carbocycles. The monoisotopic (exact) mass is 721 g/mol. The third kappa shape index (κ3) is 6.50. The SMILES string of the molecule is CCn1cnc(-c2ccccc2)c1-c1cc2c(N)ncnc2s1.Cn1cnc(-c2ccc(NS(C)(=O)=O)cc2)c1-c1cc2c(N)ncnc2s1. The van der Waals surface area contributed by atoms with Gasteiger partial charge in [0, 0.05) is 30.4 Å². The Kier molecular flexibility index (Phi) is 8.73. The van der Waals surface area contributed by atoms with Crippen molar-refractivity contribution in [2.75, 3.05) is 22.4 Å². The zero-order valence-corrected chi connectivity index (χ0v) is 29.6. The molecule has 50 heavy (non-hydrogen) atoms. The molecule has 0 aliphatic carbocycles. The zero-order valence-electron chi connectivity index (χ0n) is 27.1. The van der Waals surface area contributed by atoms with E-state index in [0.717, 1.165) is 76.9 Å². The molecule has 8 rings (SSSR count). The molecule has 0 bridgehead atoms. The van der Waals surface area contributed by atoms with Crippen molar-refractivity contribution >= 4 is 70.5 Å². The molecule has 0 spiro atoms. The van der Waals surface area contributed by atoms with E-state index in [1.165, 1.54) is 24.0 Å². The van der Waals surface area contributed by atoms with Gasteiger partial charge in [0.15, 0.2) is 0 Å². The highest BCUT2D eigenvalue weighted by Gasteiger charge is 2.19. The van der Waals surface area contributed by atoms with Crippen LogP contribution >= 0.6 is 22.7 Å². The number of aromatic nitrogens is 8. The van der Waals surface area contributed by atoms with Crippen LogP contribution in [-0.2, 0) is 23.6 Å². The van der Waals surface area contributed by atoms with E-state index in [2.05, 4.69) is 64.3 Å². The number of hydrogen-bond acceptors (Lipinski definition) is 12. The van der Waals surface area contributed by atoms with Crippen molar-refractivity contribution < 1.29 is 8.42 Å². The summed E-state index contributed by atoms with van der Waals surface area (Å²) in [5.41, 5.74) is 18.2. The van der Waals surface area contributed by atoms with Gasteiger partial charge in [0.25, 0.3) is 0 Å². The van der Waals surface area contributed by atoms with Gasteiger partial charge < -0.3 is 20.6 Å². The number of fused-ring (bicyclic) bond motifs is 2. The predicted octanol–water partition coefficient (Wildman–Crippen LogP) is 6.54. The van der Waals surface area contributed by atoms with Crippen LogP contribution in [0.3, 0.4) is 0 Å². The number of nitrogens with two attached hydrogens (primary N) is 2. The molecule has 0 unspecified atom stereocenters. The molecule has 0 fully saturated rings. The van der Waals surface area contributed by atoms with E-state index in [1.54, 1.807) is 29.8 Å². The summed E-state index contributed by atoms with van der Waals surface area (Å²) in [6, 6.07) is 21.3. The molecule has 0 radical (unpaired) electrons. The van der Waals surface area contributed by atoms with Crippen molar-refractivity contribution in [2.45, 2.75) is 13.5 Å². The smallest absolute Gasteiger partial charge is 0.229 e. The number of anilines is 3. The fourth-order valence-corrected chi connectivity index (χ4v) is 8.24. The van der Waals surface area contributed by atoms with Gasteiger partial charge in [-0.3, -0.25) is 4.72 Å². The van der Waals surface area contributed by atoms with Crippen LogP contribution in [0, 0.1) is 0 Å². The topological polar surface area (TPSA) is 185 Å². The first-order valence-corrected chi connectivity index (χ1v) is 18.8. The van der Waals surface area contributed by atoms with Crippen molar-refractivity contribution in [3.05, 3.63) is 92.0 Å². The fourth-order valence-electron chi connectivity index (χ4n) is 5.51. The van der Waals surface area contributed by atoms with Crippen LogP contribution in [0.1, 0.15) is 6.92 Å². The lowest BCUT2D eigenvalue weighted by Crippen LogP contribution is -2.09. The van der Waals surface area contributed by atoms with E-state index in [4.69, 9.17) is 11.5 Å². The van der Waals surface area contributed by atoms with Gasteiger partial charge >= 0.3 is 0 Å². The number of sulfonamides is 1. The molecule has 6 heterocycles. The summed E-state index contributed by atoms with van der Waals surface area (Å²) >= 11 is 3.14. The first kappa shape index (κ1) is 32.8. The lowest BCUT2D eigenvalue weighted by molar-refractivity contribution is 0.607. The molecule has 0 aliphatic heterocycles. The number of thiophene rings is 2. The van der Waals surface area contributed by atoms with Gasteiger partial charge in [0.2, 0.25) is 10.0 Å². The van der Waals surface area contributed by atoms with Crippen molar-refractivity contribution in [3.63, 3.8) is 0 Å². The van der Waals surface area contributed by atoms with Gasteiger partial charge in [-0.2, -0.15) is 0 Å². The number of nitrogen functional groups attached to an aromatic ring is 2. The van der Waals surface area contributed by atoms with Gasteiger partial charge in [0.1, 0.15) is 34.0 Å². The standard InChI is InChI=1S/C17H16N6O2S2.C17H15N5S/c1-23-9-21-14(10-3-5-11(6-4-10)22-27(2,24)25)15(23)13-7-12-16(18)19-8-20-17(12)26-13;1-2-22-10-21-14(11-6-4-3-5-7-11)15(22)13-8-12-16(18)19-9-20-17(12)23-13/h3-9,22H,1-2H3,(H2,18,19,20);3-10H,2H2,1H3,(H2,18,19,20). The maximum Gasteiger partial charge on any atom is 0.229 e. The third-order valence-electron chi connectivity index (χ3n) is 7.81. The number of aryl methyl sites for hydroxylation is 2. The Morgan fingerprint density at radius 1 is 0.720 bits per heavy atom. The van der Waals surface area contributed by atoms with Crippen LogP contribution < -0.4 is 16.2 Å². The summed E-state index contributed by atoms with van der Waals surface area (Å²) < 4.78 is 29.3. The van der Waals surface area contributed by atoms with Gasteiger partial charge in [0.05, 0.1) is 62.2 Å². The number of nitrogens with one attached hydrogen (secondary N) is 1. The van der Waals surface area contributed by atoms with Gasteiger partial charge in [-0.25, -0.2) is 38.3 Å². The lowest BCUT2D eigenvalue weighted by Gasteiger charge is -2.06. The Morgan fingerprint density at radius 3 is 1.82 bits per heavy atom.